The van der Waals surface area contributed by atoms with Crippen molar-refractivity contribution in [1.29, 1.82) is 0 Å². The van der Waals surface area contributed by atoms with E-state index in [1.807, 2.05) is 10.7 Å². The van der Waals surface area contributed by atoms with Crippen LogP contribution in [0, 0.1) is 0 Å². The van der Waals surface area contributed by atoms with E-state index in [1.165, 1.54) is 19.4 Å². The van der Waals surface area contributed by atoms with Gasteiger partial charge < -0.3 is 10.0 Å². The molecule has 2 aromatic rings. The van der Waals surface area contributed by atoms with Gasteiger partial charge in [-0.3, -0.25) is 0 Å². The molecule has 2 aliphatic rings. The molecule has 21 heavy (non-hydrogen) atoms. The first-order valence-corrected chi connectivity index (χ1v) is 7.55. The van der Waals surface area contributed by atoms with Gasteiger partial charge in [0, 0.05) is 12.6 Å². The highest BCUT2D eigenvalue weighted by molar-refractivity contribution is 6.00. The summed E-state index contributed by atoms with van der Waals surface area (Å²) in [5.74, 6) is -0.946. The molecule has 0 spiro atoms. The predicted octanol–water partition coefficient (Wildman–Crippen LogP) is 1.93. The van der Waals surface area contributed by atoms with Crippen molar-refractivity contribution in [2.24, 2.45) is 0 Å². The van der Waals surface area contributed by atoms with Crippen molar-refractivity contribution >= 4 is 17.0 Å². The summed E-state index contributed by atoms with van der Waals surface area (Å²) in [6.45, 7) is 2.33. The molecule has 4 rings (SSSR count). The summed E-state index contributed by atoms with van der Waals surface area (Å²) in [5, 5.41) is 17.6. The summed E-state index contributed by atoms with van der Waals surface area (Å²) >= 11 is 0. The van der Waals surface area contributed by atoms with Gasteiger partial charge in [0.25, 0.3) is 0 Å². The van der Waals surface area contributed by atoms with Crippen LogP contribution in [0.25, 0.3) is 11.0 Å². The van der Waals surface area contributed by atoms with Crippen molar-refractivity contribution < 1.29 is 9.90 Å². The number of carboxylic acid groups (broad SMARTS) is 1. The van der Waals surface area contributed by atoms with Crippen molar-refractivity contribution in [3.8, 4) is 0 Å². The molecule has 0 bridgehead atoms. The summed E-state index contributed by atoms with van der Waals surface area (Å²) in [6.07, 6.45) is 4.71. The maximum atomic E-state index is 11.3. The van der Waals surface area contributed by atoms with Crippen LogP contribution in [0.15, 0.2) is 18.2 Å². The molecule has 0 amide bonds. The number of benzene rings is 1. The third-order valence-electron chi connectivity index (χ3n) is 4.87. The maximum absolute atomic E-state index is 11.3. The van der Waals surface area contributed by atoms with E-state index in [0.717, 1.165) is 24.9 Å². The summed E-state index contributed by atoms with van der Waals surface area (Å²) in [4.78, 5) is 13.8. The molecule has 2 fully saturated rings. The summed E-state index contributed by atoms with van der Waals surface area (Å²) in [6, 6.07) is 6.27. The lowest BCUT2D eigenvalue weighted by molar-refractivity contribution is 0.0699. The Kier molecular flexibility index (Phi) is 2.92. The van der Waals surface area contributed by atoms with Crippen LogP contribution in [0.5, 0.6) is 0 Å². The molecule has 2 saturated heterocycles. The van der Waals surface area contributed by atoms with Gasteiger partial charge in [-0.2, -0.15) is 0 Å². The van der Waals surface area contributed by atoms with Gasteiger partial charge in [0.2, 0.25) is 0 Å². The third kappa shape index (κ3) is 2.01. The number of carbonyl (C=O) groups is 1. The van der Waals surface area contributed by atoms with Crippen LogP contribution in [-0.4, -0.2) is 50.1 Å². The molecule has 1 N–H and O–H groups in total. The quantitative estimate of drug-likeness (QED) is 0.913. The average molecular weight is 286 g/mol. The Morgan fingerprint density at radius 1 is 1.24 bits per heavy atom. The molecule has 0 saturated carbocycles. The van der Waals surface area contributed by atoms with Crippen LogP contribution in [0.2, 0.25) is 0 Å². The number of fused-ring (bicyclic) bond motifs is 2. The van der Waals surface area contributed by atoms with Crippen molar-refractivity contribution in [2.45, 2.75) is 37.8 Å². The van der Waals surface area contributed by atoms with Crippen LogP contribution >= 0.6 is 0 Å². The molecular weight excluding hydrogens is 268 g/mol. The molecule has 110 valence electrons. The number of piperidine rings is 1. The Labute approximate surface area is 122 Å². The number of hydrogen-bond donors (Lipinski definition) is 1. The van der Waals surface area contributed by atoms with E-state index in [9.17, 15) is 9.90 Å². The number of rotatable bonds is 2. The molecule has 1 aromatic carbocycles. The lowest BCUT2D eigenvalue weighted by Gasteiger charge is -2.34. The van der Waals surface area contributed by atoms with Crippen LogP contribution in [0.1, 0.15) is 42.1 Å². The van der Waals surface area contributed by atoms with Gasteiger partial charge in [-0.15, -0.1) is 5.10 Å². The number of nitrogens with zero attached hydrogens (tertiary/aromatic N) is 4. The monoisotopic (exact) mass is 286 g/mol. The smallest absolute Gasteiger partial charge is 0.338 e. The fourth-order valence-corrected chi connectivity index (χ4v) is 3.83. The zero-order chi connectivity index (χ0) is 14.4. The van der Waals surface area contributed by atoms with Crippen LogP contribution in [-0.2, 0) is 0 Å². The lowest BCUT2D eigenvalue weighted by atomic mass is 9.97. The zero-order valence-electron chi connectivity index (χ0n) is 11.8. The number of hydrogen-bond acceptors (Lipinski definition) is 4. The number of carboxylic acids is 1. The largest absolute Gasteiger partial charge is 0.478 e. The van der Waals surface area contributed by atoms with Gasteiger partial charge in [0.15, 0.2) is 0 Å². The molecule has 1 aromatic heterocycles. The van der Waals surface area contributed by atoms with Crippen LogP contribution in [0.4, 0.5) is 0 Å². The summed E-state index contributed by atoms with van der Waals surface area (Å²) in [5.41, 5.74) is 1.57. The van der Waals surface area contributed by atoms with Crippen molar-refractivity contribution in [3.63, 3.8) is 0 Å². The fraction of sp³-hybridized carbons (Fsp3) is 0.533. The highest BCUT2D eigenvalue weighted by Gasteiger charge is 2.33. The van der Waals surface area contributed by atoms with E-state index in [2.05, 4.69) is 15.2 Å². The maximum Gasteiger partial charge on any atom is 0.338 e. The second-order valence-corrected chi connectivity index (χ2v) is 6.02. The highest BCUT2D eigenvalue weighted by atomic mass is 16.4. The SMILES string of the molecule is O=C(O)c1cccc2c1nnn2C1CCN2CCCC2C1. The Hall–Kier alpha value is -1.95. The van der Waals surface area contributed by atoms with Gasteiger partial charge in [-0.05, 0) is 44.4 Å². The Bertz CT molecular complexity index is 696. The summed E-state index contributed by atoms with van der Waals surface area (Å²) < 4.78 is 1.94. The van der Waals surface area contributed by atoms with Gasteiger partial charge in [0.05, 0.1) is 17.1 Å². The van der Waals surface area contributed by atoms with E-state index in [0.29, 0.717) is 17.6 Å². The zero-order valence-corrected chi connectivity index (χ0v) is 11.8. The summed E-state index contributed by atoms with van der Waals surface area (Å²) in [7, 11) is 0. The average Bonchev–Trinajstić information content (AvgIpc) is 3.12. The second kappa shape index (κ2) is 4.80. The molecule has 3 heterocycles. The van der Waals surface area contributed by atoms with Gasteiger partial charge >= 0.3 is 5.97 Å². The van der Waals surface area contributed by atoms with Gasteiger partial charge in [0.1, 0.15) is 5.52 Å². The van der Waals surface area contributed by atoms with Crippen molar-refractivity contribution in [1.82, 2.24) is 19.9 Å². The molecular formula is C15H18N4O2. The topological polar surface area (TPSA) is 71.2 Å². The Morgan fingerprint density at radius 3 is 3.00 bits per heavy atom. The molecule has 0 radical (unpaired) electrons. The minimum Gasteiger partial charge on any atom is -0.478 e. The second-order valence-electron chi connectivity index (χ2n) is 6.02. The minimum atomic E-state index is -0.946. The first-order valence-electron chi connectivity index (χ1n) is 7.55. The van der Waals surface area contributed by atoms with E-state index < -0.39 is 5.97 Å². The molecule has 2 atom stereocenters. The molecule has 2 aliphatic heterocycles. The highest BCUT2D eigenvalue weighted by Crippen LogP contribution is 2.34. The predicted molar refractivity (Wildman–Crippen MR) is 77.4 cm³/mol. The first-order chi connectivity index (χ1) is 10.2. The lowest BCUT2D eigenvalue weighted by Crippen LogP contribution is -2.38. The van der Waals surface area contributed by atoms with Crippen LogP contribution in [0.3, 0.4) is 0 Å². The molecule has 6 heteroatoms. The van der Waals surface area contributed by atoms with Crippen molar-refractivity contribution in [2.75, 3.05) is 13.1 Å². The normalized spacial score (nSPS) is 26.1. The third-order valence-corrected chi connectivity index (χ3v) is 4.87. The molecule has 0 aliphatic carbocycles. The standard InChI is InChI=1S/C15H18N4O2/c20-15(21)12-4-1-5-13-14(12)16-17-19(13)11-6-8-18-7-2-3-10(18)9-11/h1,4-5,10-11H,2-3,6-9H2,(H,20,21). The van der Waals surface area contributed by atoms with Crippen molar-refractivity contribution in [3.05, 3.63) is 23.8 Å². The van der Waals surface area contributed by atoms with E-state index in [-0.39, 0.29) is 5.56 Å². The van der Waals surface area contributed by atoms with Gasteiger partial charge in [-0.25, -0.2) is 9.48 Å². The Morgan fingerprint density at radius 2 is 2.14 bits per heavy atom. The van der Waals surface area contributed by atoms with E-state index in [1.54, 1.807) is 12.1 Å². The molecule has 2 unspecified atom stereocenters. The van der Waals surface area contributed by atoms with Gasteiger partial charge in [-0.1, -0.05) is 11.3 Å². The minimum absolute atomic E-state index is 0.233. The van der Waals surface area contributed by atoms with E-state index >= 15 is 0 Å². The molecule has 6 nitrogen and oxygen atoms in total. The Balaban J connectivity index is 1.71. The van der Waals surface area contributed by atoms with E-state index in [4.69, 9.17) is 0 Å². The fourth-order valence-electron chi connectivity index (χ4n) is 3.83. The first kappa shape index (κ1) is 12.8. The number of aromatic nitrogens is 3. The van der Waals surface area contributed by atoms with Crippen LogP contribution < -0.4 is 0 Å². The number of aromatic carboxylic acids is 1.